The smallest absolute Gasteiger partial charge is 0.223 e. The predicted octanol–water partition coefficient (Wildman–Crippen LogP) is 1.63. The van der Waals surface area contributed by atoms with Gasteiger partial charge in [-0.15, -0.1) is 0 Å². The van der Waals surface area contributed by atoms with Gasteiger partial charge in [0, 0.05) is 12.5 Å². The van der Waals surface area contributed by atoms with Crippen molar-refractivity contribution in [3.63, 3.8) is 0 Å². The van der Waals surface area contributed by atoms with Crippen LogP contribution >= 0.6 is 0 Å². The highest BCUT2D eigenvalue weighted by Gasteiger charge is 2.47. The summed E-state index contributed by atoms with van der Waals surface area (Å²) in [5, 5.41) is 3.12. The Hall–Kier alpha value is -0.570. The van der Waals surface area contributed by atoms with Gasteiger partial charge in [0.15, 0.2) is 0 Å². The average Bonchev–Trinajstić information content (AvgIpc) is 2.81. The lowest BCUT2D eigenvalue weighted by Gasteiger charge is -2.16. The summed E-state index contributed by atoms with van der Waals surface area (Å²) in [7, 11) is 0. The number of hydrogen-bond acceptors (Lipinski definition) is 2. The molecule has 0 aromatic heterocycles. The molecule has 3 heteroatoms. The monoisotopic (exact) mass is 236 g/mol. The zero-order valence-electron chi connectivity index (χ0n) is 10.7. The van der Waals surface area contributed by atoms with Gasteiger partial charge in [-0.3, -0.25) is 4.79 Å². The Labute approximate surface area is 104 Å². The van der Waals surface area contributed by atoms with E-state index in [1.54, 1.807) is 0 Å². The highest BCUT2D eigenvalue weighted by atomic mass is 16.1. The van der Waals surface area contributed by atoms with Crippen LogP contribution in [0.2, 0.25) is 0 Å². The van der Waals surface area contributed by atoms with E-state index >= 15 is 0 Å². The summed E-state index contributed by atoms with van der Waals surface area (Å²) in [4.78, 5) is 14.4. The molecule has 0 aromatic rings. The largest absolute Gasteiger partial charge is 0.356 e. The van der Waals surface area contributed by atoms with Crippen LogP contribution in [0.5, 0.6) is 0 Å². The van der Waals surface area contributed by atoms with Gasteiger partial charge < -0.3 is 10.2 Å². The molecular weight excluding hydrogens is 212 g/mol. The predicted molar refractivity (Wildman–Crippen MR) is 67.6 cm³/mol. The van der Waals surface area contributed by atoms with Crippen molar-refractivity contribution in [1.82, 2.24) is 10.2 Å². The standard InChI is InChI=1S/C14H24N2O/c17-14(13-9-11-8-12(11)10-13)15-4-3-7-16-5-1-2-6-16/h11-13H,1-10H2,(H,15,17). The van der Waals surface area contributed by atoms with Gasteiger partial charge in [0.25, 0.3) is 0 Å². The van der Waals surface area contributed by atoms with Gasteiger partial charge in [-0.2, -0.15) is 0 Å². The van der Waals surface area contributed by atoms with Crippen LogP contribution in [0.4, 0.5) is 0 Å². The molecule has 1 heterocycles. The highest BCUT2D eigenvalue weighted by molar-refractivity contribution is 5.79. The molecule has 1 aliphatic heterocycles. The minimum atomic E-state index is 0.332. The summed E-state index contributed by atoms with van der Waals surface area (Å²) in [5.41, 5.74) is 0. The van der Waals surface area contributed by atoms with Crippen molar-refractivity contribution in [2.75, 3.05) is 26.2 Å². The molecule has 2 unspecified atom stereocenters. The van der Waals surface area contributed by atoms with E-state index in [2.05, 4.69) is 10.2 Å². The Kier molecular flexibility index (Phi) is 3.37. The van der Waals surface area contributed by atoms with E-state index in [1.807, 2.05) is 0 Å². The molecule has 2 aliphatic carbocycles. The number of amides is 1. The Morgan fingerprint density at radius 2 is 1.82 bits per heavy atom. The van der Waals surface area contributed by atoms with Crippen molar-refractivity contribution < 1.29 is 4.79 Å². The maximum absolute atomic E-state index is 11.9. The molecule has 1 N–H and O–H groups in total. The number of fused-ring (bicyclic) bond motifs is 1. The molecular formula is C14H24N2O. The van der Waals surface area contributed by atoms with E-state index in [9.17, 15) is 4.79 Å². The fraction of sp³-hybridized carbons (Fsp3) is 0.929. The molecule has 0 bridgehead atoms. The number of likely N-dealkylation sites (tertiary alicyclic amines) is 1. The van der Waals surface area contributed by atoms with E-state index in [-0.39, 0.29) is 0 Å². The zero-order valence-corrected chi connectivity index (χ0v) is 10.7. The highest BCUT2D eigenvalue weighted by Crippen LogP contribution is 2.54. The molecule has 2 atom stereocenters. The van der Waals surface area contributed by atoms with Gasteiger partial charge >= 0.3 is 0 Å². The number of carbonyl (C=O) groups excluding carboxylic acids is 1. The number of nitrogens with one attached hydrogen (secondary N) is 1. The molecule has 1 saturated heterocycles. The third-order valence-corrected chi connectivity index (χ3v) is 4.76. The summed E-state index contributed by atoms with van der Waals surface area (Å²) >= 11 is 0. The molecule has 2 saturated carbocycles. The second-order valence-corrected chi connectivity index (χ2v) is 6.12. The van der Waals surface area contributed by atoms with Crippen molar-refractivity contribution in [3.8, 4) is 0 Å². The lowest BCUT2D eigenvalue weighted by molar-refractivity contribution is -0.125. The van der Waals surface area contributed by atoms with Gasteiger partial charge in [-0.25, -0.2) is 0 Å². The van der Waals surface area contributed by atoms with Gasteiger partial charge in [0.05, 0.1) is 0 Å². The third kappa shape index (κ3) is 2.82. The Bertz CT molecular complexity index is 276. The van der Waals surface area contributed by atoms with E-state index in [1.165, 1.54) is 45.2 Å². The minimum absolute atomic E-state index is 0.332. The van der Waals surface area contributed by atoms with Gasteiger partial charge in [-0.05, 0) is 70.0 Å². The maximum Gasteiger partial charge on any atom is 0.223 e. The van der Waals surface area contributed by atoms with E-state index in [0.717, 1.165) is 31.3 Å². The van der Waals surface area contributed by atoms with Crippen LogP contribution in [0.25, 0.3) is 0 Å². The molecule has 3 rings (SSSR count). The van der Waals surface area contributed by atoms with Crippen LogP contribution in [0.1, 0.15) is 38.5 Å². The summed E-state index contributed by atoms with van der Waals surface area (Å²) in [6.45, 7) is 4.57. The van der Waals surface area contributed by atoms with Crippen molar-refractivity contribution >= 4 is 5.91 Å². The van der Waals surface area contributed by atoms with Crippen LogP contribution in [0, 0.1) is 17.8 Å². The Morgan fingerprint density at radius 1 is 1.12 bits per heavy atom. The molecule has 3 fully saturated rings. The Balaban J connectivity index is 1.27. The van der Waals surface area contributed by atoms with E-state index < -0.39 is 0 Å². The van der Waals surface area contributed by atoms with Crippen molar-refractivity contribution in [2.24, 2.45) is 17.8 Å². The van der Waals surface area contributed by atoms with E-state index in [4.69, 9.17) is 0 Å². The zero-order chi connectivity index (χ0) is 11.7. The molecule has 0 aromatic carbocycles. The topological polar surface area (TPSA) is 32.3 Å². The van der Waals surface area contributed by atoms with Crippen LogP contribution in [0.3, 0.4) is 0 Å². The fourth-order valence-corrected chi connectivity index (χ4v) is 3.59. The SMILES string of the molecule is O=C(NCCCN1CCCC1)C1CC2CC2C1. The fourth-order valence-electron chi connectivity index (χ4n) is 3.59. The summed E-state index contributed by atoms with van der Waals surface area (Å²) in [5.74, 6) is 2.51. The maximum atomic E-state index is 11.9. The van der Waals surface area contributed by atoms with Crippen LogP contribution in [-0.4, -0.2) is 37.0 Å². The first-order valence-electron chi connectivity index (χ1n) is 7.33. The van der Waals surface area contributed by atoms with Crippen molar-refractivity contribution in [2.45, 2.75) is 38.5 Å². The van der Waals surface area contributed by atoms with Crippen LogP contribution in [0.15, 0.2) is 0 Å². The normalized spacial score (nSPS) is 35.9. The summed E-state index contributed by atoms with van der Waals surface area (Å²) in [6, 6.07) is 0. The first-order chi connectivity index (χ1) is 8.33. The van der Waals surface area contributed by atoms with Gasteiger partial charge in [-0.1, -0.05) is 0 Å². The molecule has 96 valence electrons. The second kappa shape index (κ2) is 4.97. The first-order valence-corrected chi connectivity index (χ1v) is 7.33. The van der Waals surface area contributed by atoms with E-state index in [0.29, 0.717) is 11.8 Å². The average molecular weight is 236 g/mol. The molecule has 3 aliphatic rings. The van der Waals surface area contributed by atoms with Gasteiger partial charge in [0.1, 0.15) is 0 Å². The number of hydrogen-bond donors (Lipinski definition) is 1. The first kappa shape index (κ1) is 11.5. The minimum Gasteiger partial charge on any atom is -0.356 e. The lowest BCUT2D eigenvalue weighted by Crippen LogP contribution is -2.32. The summed E-state index contributed by atoms with van der Waals surface area (Å²) < 4.78 is 0. The van der Waals surface area contributed by atoms with Gasteiger partial charge in [0.2, 0.25) is 5.91 Å². The second-order valence-electron chi connectivity index (χ2n) is 6.12. The van der Waals surface area contributed by atoms with Crippen molar-refractivity contribution in [1.29, 1.82) is 0 Å². The molecule has 17 heavy (non-hydrogen) atoms. The third-order valence-electron chi connectivity index (χ3n) is 4.76. The van der Waals surface area contributed by atoms with Crippen molar-refractivity contribution in [3.05, 3.63) is 0 Å². The number of rotatable bonds is 5. The number of carbonyl (C=O) groups is 1. The van der Waals surface area contributed by atoms with Crippen LogP contribution < -0.4 is 5.32 Å². The quantitative estimate of drug-likeness (QED) is 0.736. The van der Waals surface area contributed by atoms with Crippen LogP contribution in [-0.2, 0) is 4.79 Å². The molecule has 0 radical (unpaired) electrons. The number of nitrogens with zero attached hydrogens (tertiary/aromatic N) is 1. The molecule has 3 nitrogen and oxygen atoms in total. The lowest BCUT2D eigenvalue weighted by atomic mass is 10.0. The Morgan fingerprint density at radius 3 is 2.53 bits per heavy atom. The molecule has 0 spiro atoms. The molecule has 1 amide bonds. The summed E-state index contributed by atoms with van der Waals surface area (Å²) in [6.07, 6.45) is 7.57.